The van der Waals surface area contributed by atoms with Crippen molar-refractivity contribution in [3.05, 3.63) is 93.5 Å². The number of fused-ring (bicyclic) bond motifs is 1. The Hall–Kier alpha value is -2.30. The molecule has 1 unspecified atom stereocenters. The SMILES string of the molecule is O=C(c1ccccc1F)N1CCn2cccc2C1c1ccc(Cl)c(Cl)c1. The van der Waals surface area contributed by atoms with Gasteiger partial charge in [-0.2, -0.15) is 0 Å². The van der Waals surface area contributed by atoms with Crippen molar-refractivity contribution in [3.8, 4) is 0 Å². The van der Waals surface area contributed by atoms with Gasteiger partial charge in [0, 0.05) is 25.0 Å². The average molecular weight is 389 g/mol. The summed E-state index contributed by atoms with van der Waals surface area (Å²) in [4.78, 5) is 14.8. The Morgan fingerprint density at radius 1 is 1.00 bits per heavy atom. The minimum atomic E-state index is -0.522. The number of hydrogen-bond acceptors (Lipinski definition) is 1. The van der Waals surface area contributed by atoms with E-state index in [2.05, 4.69) is 4.57 Å². The van der Waals surface area contributed by atoms with Crippen LogP contribution in [0.25, 0.3) is 0 Å². The number of rotatable bonds is 2. The van der Waals surface area contributed by atoms with Gasteiger partial charge in [0.25, 0.3) is 5.91 Å². The molecule has 0 bridgehead atoms. The second-order valence-corrected chi connectivity index (χ2v) is 7.00. The molecule has 1 aromatic heterocycles. The predicted octanol–water partition coefficient (Wildman–Crippen LogP) is 5.18. The zero-order chi connectivity index (χ0) is 18.3. The van der Waals surface area contributed by atoms with Crippen LogP contribution in [0.4, 0.5) is 4.39 Å². The standard InChI is InChI=1S/C20H15Cl2FN2O/c21-15-8-7-13(12-16(15)22)19-18-6-3-9-24(18)10-11-25(19)20(26)14-4-1-2-5-17(14)23/h1-9,12,19H,10-11H2. The molecule has 3 nitrogen and oxygen atoms in total. The number of carbonyl (C=O) groups is 1. The van der Waals surface area contributed by atoms with Crippen molar-refractivity contribution < 1.29 is 9.18 Å². The molecular weight excluding hydrogens is 374 g/mol. The number of nitrogens with zero attached hydrogens (tertiary/aromatic N) is 2. The molecule has 6 heteroatoms. The molecule has 26 heavy (non-hydrogen) atoms. The fourth-order valence-electron chi connectivity index (χ4n) is 3.42. The lowest BCUT2D eigenvalue weighted by atomic mass is 9.98. The quantitative estimate of drug-likeness (QED) is 0.593. The largest absolute Gasteiger partial charge is 0.348 e. The third-order valence-electron chi connectivity index (χ3n) is 4.66. The molecule has 1 aliphatic rings. The number of hydrogen-bond donors (Lipinski definition) is 0. The summed E-state index contributed by atoms with van der Waals surface area (Å²) < 4.78 is 16.3. The van der Waals surface area contributed by atoms with E-state index >= 15 is 0 Å². The van der Waals surface area contributed by atoms with Gasteiger partial charge < -0.3 is 9.47 Å². The summed E-state index contributed by atoms with van der Waals surface area (Å²) in [7, 11) is 0. The average Bonchev–Trinajstić information content (AvgIpc) is 3.12. The van der Waals surface area contributed by atoms with E-state index in [0.717, 1.165) is 11.3 Å². The maximum Gasteiger partial charge on any atom is 0.257 e. The van der Waals surface area contributed by atoms with E-state index in [0.29, 0.717) is 23.1 Å². The van der Waals surface area contributed by atoms with Crippen molar-refractivity contribution in [1.82, 2.24) is 9.47 Å². The summed E-state index contributed by atoms with van der Waals surface area (Å²) in [5.74, 6) is -0.863. The molecule has 0 fully saturated rings. The molecule has 1 amide bonds. The van der Waals surface area contributed by atoms with Crippen LogP contribution in [-0.2, 0) is 6.54 Å². The topological polar surface area (TPSA) is 25.2 Å². The van der Waals surface area contributed by atoms with Crippen LogP contribution in [0.15, 0.2) is 60.8 Å². The Morgan fingerprint density at radius 3 is 2.58 bits per heavy atom. The summed E-state index contributed by atoms with van der Waals surface area (Å²) >= 11 is 12.2. The molecule has 0 N–H and O–H groups in total. The van der Waals surface area contributed by atoms with Gasteiger partial charge in [-0.15, -0.1) is 0 Å². The minimum absolute atomic E-state index is 0.0672. The van der Waals surface area contributed by atoms with E-state index < -0.39 is 5.82 Å². The summed E-state index contributed by atoms with van der Waals surface area (Å²) in [6.45, 7) is 1.13. The van der Waals surface area contributed by atoms with Crippen molar-refractivity contribution >= 4 is 29.1 Å². The normalized spacial score (nSPS) is 16.4. The second kappa shape index (κ2) is 6.78. The van der Waals surface area contributed by atoms with Gasteiger partial charge in [0.15, 0.2) is 0 Å². The Balaban J connectivity index is 1.82. The van der Waals surface area contributed by atoms with Crippen molar-refractivity contribution in [2.24, 2.45) is 0 Å². The fraction of sp³-hybridized carbons (Fsp3) is 0.150. The Morgan fingerprint density at radius 2 is 1.81 bits per heavy atom. The van der Waals surface area contributed by atoms with Crippen molar-refractivity contribution in [1.29, 1.82) is 0 Å². The molecule has 0 saturated heterocycles. The van der Waals surface area contributed by atoms with Crippen LogP contribution in [-0.4, -0.2) is 21.9 Å². The first-order chi connectivity index (χ1) is 12.6. The van der Waals surface area contributed by atoms with E-state index in [1.54, 1.807) is 29.2 Å². The van der Waals surface area contributed by atoms with Gasteiger partial charge in [0.2, 0.25) is 0 Å². The van der Waals surface area contributed by atoms with Crippen LogP contribution in [0.3, 0.4) is 0 Å². The molecule has 3 aromatic rings. The Kier molecular flexibility index (Phi) is 4.47. The van der Waals surface area contributed by atoms with Crippen LogP contribution < -0.4 is 0 Å². The maximum absolute atomic E-state index is 14.2. The molecule has 2 aromatic carbocycles. The van der Waals surface area contributed by atoms with Crippen LogP contribution in [0, 0.1) is 5.82 Å². The van der Waals surface area contributed by atoms with Gasteiger partial charge in [0.1, 0.15) is 5.82 Å². The maximum atomic E-state index is 14.2. The Labute approximate surface area is 160 Å². The Bertz CT molecular complexity index is 985. The van der Waals surface area contributed by atoms with E-state index in [9.17, 15) is 9.18 Å². The number of aromatic nitrogens is 1. The predicted molar refractivity (Wildman–Crippen MR) is 100 cm³/mol. The summed E-state index contributed by atoms with van der Waals surface area (Å²) in [6, 6.07) is 14.9. The molecule has 0 spiro atoms. The first-order valence-electron chi connectivity index (χ1n) is 8.22. The first kappa shape index (κ1) is 17.1. The van der Waals surface area contributed by atoms with Gasteiger partial charge >= 0.3 is 0 Å². The monoisotopic (exact) mass is 388 g/mol. The first-order valence-corrected chi connectivity index (χ1v) is 8.97. The molecule has 132 valence electrons. The lowest BCUT2D eigenvalue weighted by molar-refractivity contribution is 0.0659. The highest BCUT2D eigenvalue weighted by Gasteiger charge is 2.33. The van der Waals surface area contributed by atoms with Gasteiger partial charge in [-0.25, -0.2) is 4.39 Å². The highest BCUT2D eigenvalue weighted by molar-refractivity contribution is 6.42. The van der Waals surface area contributed by atoms with E-state index in [1.165, 1.54) is 12.1 Å². The fourth-order valence-corrected chi connectivity index (χ4v) is 3.73. The van der Waals surface area contributed by atoms with Crippen LogP contribution >= 0.6 is 23.2 Å². The third kappa shape index (κ3) is 2.89. The molecule has 0 aliphatic carbocycles. The summed E-state index contributed by atoms with van der Waals surface area (Å²) in [6.07, 6.45) is 1.98. The molecule has 1 atom stereocenters. The number of amides is 1. The third-order valence-corrected chi connectivity index (χ3v) is 5.40. The van der Waals surface area contributed by atoms with Crippen LogP contribution in [0.1, 0.15) is 27.7 Å². The smallest absolute Gasteiger partial charge is 0.257 e. The molecule has 0 radical (unpaired) electrons. The highest BCUT2D eigenvalue weighted by atomic mass is 35.5. The van der Waals surface area contributed by atoms with Gasteiger partial charge in [-0.05, 0) is 42.0 Å². The van der Waals surface area contributed by atoms with Crippen molar-refractivity contribution in [3.63, 3.8) is 0 Å². The second-order valence-electron chi connectivity index (χ2n) is 6.18. The molecule has 2 heterocycles. The minimum Gasteiger partial charge on any atom is -0.348 e. The summed E-state index contributed by atoms with van der Waals surface area (Å²) in [5, 5.41) is 0.875. The van der Waals surface area contributed by atoms with E-state index in [-0.39, 0.29) is 17.5 Å². The zero-order valence-corrected chi connectivity index (χ0v) is 15.2. The van der Waals surface area contributed by atoms with Crippen molar-refractivity contribution in [2.45, 2.75) is 12.6 Å². The van der Waals surface area contributed by atoms with E-state index in [1.807, 2.05) is 24.4 Å². The summed E-state index contributed by atoms with van der Waals surface area (Å²) in [5.41, 5.74) is 1.86. The number of halogens is 3. The number of carbonyl (C=O) groups excluding carboxylic acids is 1. The van der Waals surface area contributed by atoms with Crippen LogP contribution in [0.2, 0.25) is 10.0 Å². The number of benzene rings is 2. The molecule has 0 saturated carbocycles. The lowest BCUT2D eigenvalue weighted by Gasteiger charge is -2.37. The lowest BCUT2D eigenvalue weighted by Crippen LogP contribution is -2.42. The van der Waals surface area contributed by atoms with Gasteiger partial charge in [-0.3, -0.25) is 4.79 Å². The molecule has 4 rings (SSSR count). The van der Waals surface area contributed by atoms with Gasteiger partial charge in [-0.1, -0.05) is 41.4 Å². The van der Waals surface area contributed by atoms with Crippen LogP contribution in [0.5, 0.6) is 0 Å². The van der Waals surface area contributed by atoms with E-state index in [4.69, 9.17) is 23.2 Å². The van der Waals surface area contributed by atoms with Gasteiger partial charge in [0.05, 0.1) is 21.7 Å². The zero-order valence-electron chi connectivity index (χ0n) is 13.7. The van der Waals surface area contributed by atoms with Crippen molar-refractivity contribution in [2.75, 3.05) is 6.54 Å². The highest BCUT2D eigenvalue weighted by Crippen LogP contribution is 2.36. The molecular formula is C20H15Cl2FN2O. The molecule has 1 aliphatic heterocycles.